The smallest absolute Gasteiger partial charge is 0.00204 e. The van der Waals surface area contributed by atoms with Gasteiger partial charge in [-0.05, 0) is 44.2 Å². The molecule has 0 bridgehead atoms. The van der Waals surface area contributed by atoms with Gasteiger partial charge in [0.1, 0.15) is 0 Å². The Morgan fingerprint density at radius 2 is 1.38 bits per heavy atom. The Balaban J connectivity index is 0.00000128. The molecular formula is C14H28ClN. The maximum Gasteiger partial charge on any atom is -0.00204 e. The summed E-state index contributed by atoms with van der Waals surface area (Å²) in [6.07, 6.45) is 15.0. The molecule has 1 unspecified atom stereocenters. The molecule has 2 aliphatic rings. The molecule has 16 heavy (non-hydrogen) atoms. The Morgan fingerprint density at radius 3 is 2.00 bits per heavy atom. The Hall–Kier alpha value is 0.250. The summed E-state index contributed by atoms with van der Waals surface area (Å²) in [5.74, 6) is 2.07. The second-order valence-electron chi connectivity index (χ2n) is 5.66. The van der Waals surface area contributed by atoms with E-state index in [0.29, 0.717) is 0 Å². The van der Waals surface area contributed by atoms with Crippen LogP contribution in [0.15, 0.2) is 0 Å². The summed E-state index contributed by atoms with van der Waals surface area (Å²) in [6.45, 7) is 2.57. The number of rotatable bonds is 2. The van der Waals surface area contributed by atoms with Gasteiger partial charge >= 0.3 is 0 Å². The average molecular weight is 246 g/mol. The normalized spacial score (nSPS) is 28.9. The number of hydrogen-bond acceptors (Lipinski definition) is 1. The van der Waals surface area contributed by atoms with E-state index in [9.17, 15) is 0 Å². The van der Waals surface area contributed by atoms with Gasteiger partial charge in [-0.1, -0.05) is 44.9 Å². The molecule has 2 fully saturated rings. The Kier molecular flexibility index (Phi) is 7.47. The molecule has 1 saturated heterocycles. The van der Waals surface area contributed by atoms with E-state index in [1.807, 2.05) is 0 Å². The fourth-order valence-corrected chi connectivity index (χ4v) is 3.37. The zero-order valence-electron chi connectivity index (χ0n) is 10.5. The van der Waals surface area contributed by atoms with E-state index >= 15 is 0 Å². The Labute approximate surface area is 107 Å². The van der Waals surface area contributed by atoms with Gasteiger partial charge < -0.3 is 5.32 Å². The minimum atomic E-state index is 0. The van der Waals surface area contributed by atoms with Crippen molar-refractivity contribution in [3.8, 4) is 0 Å². The second-order valence-corrected chi connectivity index (χ2v) is 5.66. The van der Waals surface area contributed by atoms with Crippen LogP contribution in [0.25, 0.3) is 0 Å². The van der Waals surface area contributed by atoms with E-state index in [1.54, 1.807) is 0 Å². The van der Waals surface area contributed by atoms with Crippen LogP contribution in [-0.2, 0) is 0 Å². The maximum absolute atomic E-state index is 3.55. The first kappa shape index (κ1) is 14.3. The molecule has 2 rings (SSSR count). The zero-order valence-corrected chi connectivity index (χ0v) is 11.4. The molecule has 96 valence electrons. The minimum Gasteiger partial charge on any atom is -0.316 e. The summed E-state index contributed by atoms with van der Waals surface area (Å²) < 4.78 is 0. The van der Waals surface area contributed by atoms with Gasteiger partial charge in [0.25, 0.3) is 0 Å². The Bertz CT molecular complexity index is 158. The van der Waals surface area contributed by atoms with Crippen molar-refractivity contribution in [2.75, 3.05) is 13.1 Å². The Morgan fingerprint density at radius 1 is 0.750 bits per heavy atom. The van der Waals surface area contributed by atoms with Crippen LogP contribution in [0.2, 0.25) is 0 Å². The van der Waals surface area contributed by atoms with Crippen molar-refractivity contribution in [2.24, 2.45) is 11.8 Å². The van der Waals surface area contributed by atoms with E-state index in [1.165, 1.54) is 77.3 Å². The molecule has 0 spiro atoms. The van der Waals surface area contributed by atoms with Crippen LogP contribution in [-0.4, -0.2) is 13.1 Å². The highest BCUT2D eigenvalue weighted by Crippen LogP contribution is 2.29. The van der Waals surface area contributed by atoms with Gasteiger partial charge in [-0.3, -0.25) is 0 Å². The molecule has 0 aromatic carbocycles. The lowest BCUT2D eigenvalue weighted by Crippen LogP contribution is -2.31. The molecule has 0 aromatic rings. The lowest BCUT2D eigenvalue weighted by Gasteiger charge is -2.28. The van der Waals surface area contributed by atoms with Crippen molar-refractivity contribution in [3.63, 3.8) is 0 Å². The fourth-order valence-electron chi connectivity index (χ4n) is 3.37. The van der Waals surface area contributed by atoms with E-state index in [2.05, 4.69) is 5.32 Å². The van der Waals surface area contributed by atoms with Gasteiger partial charge in [0, 0.05) is 0 Å². The van der Waals surface area contributed by atoms with Crippen LogP contribution in [0.5, 0.6) is 0 Å². The second kappa shape index (κ2) is 8.36. The minimum absolute atomic E-state index is 0. The van der Waals surface area contributed by atoms with Crippen molar-refractivity contribution in [3.05, 3.63) is 0 Å². The average Bonchev–Trinajstić information content (AvgIpc) is 2.23. The highest BCUT2D eigenvalue weighted by atomic mass is 35.5. The highest BCUT2D eigenvalue weighted by Gasteiger charge is 2.19. The van der Waals surface area contributed by atoms with E-state index in [-0.39, 0.29) is 12.4 Å². The fraction of sp³-hybridized carbons (Fsp3) is 1.00. The van der Waals surface area contributed by atoms with Gasteiger partial charge in [0.15, 0.2) is 0 Å². The first-order valence-corrected chi connectivity index (χ1v) is 7.16. The van der Waals surface area contributed by atoms with Crippen molar-refractivity contribution in [2.45, 2.75) is 64.2 Å². The van der Waals surface area contributed by atoms with Crippen LogP contribution in [0.3, 0.4) is 0 Å². The molecule has 1 N–H and O–H groups in total. The molecule has 1 atom stereocenters. The van der Waals surface area contributed by atoms with E-state index in [4.69, 9.17) is 0 Å². The third-order valence-electron chi connectivity index (χ3n) is 4.29. The molecule has 0 amide bonds. The van der Waals surface area contributed by atoms with Crippen molar-refractivity contribution in [1.29, 1.82) is 0 Å². The summed E-state index contributed by atoms with van der Waals surface area (Å²) in [6, 6.07) is 0. The maximum atomic E-state index is 3.55. The molecule has 1 saturated carbocycles. The molecule has 1 heterocycles. The van der Waals surface area contributed by atoms with Crippen molar-refractivity contribution in [1.82, 2.24) is 5.32 Å². The predicted octanol–water partition coefficient (Wildman–Crippen LogP) is 4.16. The van der Waals surface area contributed by atoms with E-state index in [0.717, 1.165) is 11.8 Å². The van der Waals surface area contributed by atoms with E-state index < -0.39 is 0 Å². The van der Waals surface area contributed by atoms with Crippen LogP contribution >= 0.6 is 12.4 Å². The summed E-state index contributed by atoms with van der Waals surface area (Å²) in [4.78, 5) is 0. The quantitative estimate of drug-likeness (QED) is 0.771. The number of hydrogen-bond donors (Lipinski definition) is 1. The number of nitrogens with one attached hydrogen (secondary N) is 1. The van der Waals surface area contributed by atoms with Gasteiger partial charge in [0.05, 0.1) is 0 Å². The van der Waals surface area contributed by atoms with Gasteiger partial charge in [0.2, 0.25) is 0 Å². The highest BCUT2D eigenvalue weighted by molar-refractivity contribution is 5.85. The topological polar surface area (TPSA) is 12.0 Å². The lowest BCUT2D eigenvalue weighted by atomic mass is 9.82. The first-order chi connectivity index (χ1) is 7.45. The molecule has 2 heteroatoms. The number of halogens is 1. The monoisotopic (exact) mass is 245 g/mol. The number of piperidine rings is 1. The van der Waals surface area contributed by atoms with Crippen LogP contribution in [0.1, 0.15) is 64.2 Å². The predicted molar refractivity (Wildman–Crippen MR) is 73.3 cm³/mol. The molecule has 0 radical (unpaired) electrons. The summed E-state index contributed by atoms with van der Waals surface area (Å²) in [5, 5.41) is 3.55. The van der Waals surface area contributed by atoms with Crippen LogP contribution in [0.4, 0.5) is 0 Å². The van der Waals surface area contributed by atoms with Gasteiger partial charge in [-0.15, -0.1) is 12.4 Å². The molecular weight excluding hydrogens is 218 g/mol. The lowest BCUT2D eigenvalue weighted by molar-refractivity contribution is 0.265. The third kappa shape index (κ3) is 5.05. The summed E-state index contributed by atoms with van der Waals surface area (Å²) in [5.41, 5.74) is 0. The van der Waals surface area contributed by atoms with Crippen LogP contribution < -0.4 is 5.32 Å². The molecule has 1 nitrogen and oxygen atoms in total. The summed E-state index contributed by atoms with van der Waals surface area (Å²) >= 11 is 0. The SMILES string of the molecule is C1CCCC(CC2CCCNC2)CCC1.Cl. The first-order valence-electron chi connectivity index (χ1n) is 7.16. The largest absolute Gasteiger partial charge is 0.316 e. The standard InChI is InChI=1S/C14H27N.ClH/c1-2-4-7-13(8-5-3-1)11-14-9-6-10-15-12-14;/h13-15H,1-12H2;1H. The molecule has 0 aromatic heterocycles. The van der Waals surface area contributed by atoms with Gasteiger partial charge in [-0.25, -0.2) is 0 Å². The third-order valence-corrected chi connectivity index (χ3v) is 4.29. The van der Waals surface area contributed by atoms with Crippen molar-refractivity contribution < 1.29 is 0 Å². The van der Waals surface area contributed by atoms with Crippen LogP contribution in [0, 0.1) is 11.8 Å². The van der Waals surface area contributed by atoms with Crippen molar-refractivity contribution >= 4 is 12.4 Å². The van der Waals surface area contributed by atoms with Gasteiger partial charge in [-0.2, -0.15) is 0 Å². The summed E-state index contributed by atoms with van der Waals surface area (Å²) in [7, 11) is 0. The molecule has 1 aliphatic heterocycles. The zero-order chi connectivity index (χ0) is 10.3. The molecule has 1 aliphatic carbocycles.